The lowest BCUT2D eigenvalue weighted by atomic mass is 10.0. The number of thiophene rings is 1. The normalized spacial score (nSPS) is 11.9. The summed E-state index contributed by atoms with van der Waals surface area (Å²) in [4.78, 5) is 31.4. The van der Waals surface area contributed by atoms with Gasteiger partial charge in [0.15, 0.2) is 0 Å². The molecule has 0 aliphatic heterocycles. The SMILES string of the molecule is Cc1[nH]c2ccccc2c1CC(=O)N[C@@H](Cc1ccccc1)C(=O)N(C)Cc1ccsc1. The van der Waals surface area contributed by atoms with Gasteiger partial charge in [0.1, 0.15) is 6.04 Å². The molecule has 2 N–H and O–H groups in total. The van der Waals surface area contributed by atoms with Crippen LogP contribution in [0.3, 0.4) is 0 Å². The number of benzene rings is 2. The third kappa shape index (κ3) is 5.08. The summed E-state index contributed by atoms with van der Waals surface area (Å²) in [5.74, 6) is -0.250. The van der Waals surface area contributed by atoms with E-state index in [4.69, 9.17) is 0 Å². The number of aromatic nitrogens is 1. The highest BCUT2D eigenvalue weighted by Crippen LogP contribution is 2.22. The number of H-pyrrole nitrogens is 1. The molecule has 0 spiro atoms. The fourth-order valence-corrected chi connectivity index (χ4v) is 4.68. The molecule has 6 heteroatoms. The lowest BCUT2D eigenvalue weighted by molar-refractivity contribution is -0.135. The van der Waals surface area contributed by atoms with E-state index in [1.165, 1.54) is 0 Å². The maximum absolute atomic E-state index is 13.3. The minimum absolute atomic E-state index is 0.0935. The minimum Gasteiger partial charge on any atom is -0.358 e. The molecule has 2 aromatic heterocycles. The van der Waals surface area contributed by atoms with Gasteiger partial charge in [-0.3, -0.25) is 9.59 Å². The molecule has 0 saturated heterocycles. The fraction of sp³-hybridized carbons (Fsp3) is 0.231. The average Bonchev–Trinajstić information content (AvgIpc) is 3.41. The van der Waals surface area contributed by atoms with E-state index in [2.05, 4.69) is 10.3 Å². The highest BCUT2D eigenvalue weighted by atomic mass is 32.1. The van der Waals surface area contributed by atoms with Crippen LogP contribution in [0.4, 0.5) is 0 Å². The third-order valence-electron chi connectivity index (χ3n) is 5.66. The molecule has 0 fully saturated rings. The number of carbonyl (C=O) groups is 2. The van der Waals surface area contributed by atoms with Crippen molar-refractivity contribution in [3.05, 3.63) is 93.8 Å². The van der Waals surface area contributed by atoms with Gasteiger partial charge in [0.2, 0.25) is 11.8 Å². The van der Waals surface area contributed by atoms with Crippen molar-refractivity contribution in [1.29, 1.82) is 0 Å². The summed E-state index contributed by atoms with van der Waals surface area (Å²) in [7, 11) is 1.79. The van der Waals surface area contributed by atoms with Crippen LogP contribution < -0.4 is 5.32 Å². The Kier molecular flexibility index (Phi) is 6.71. The standard InChI is InChI=1S/C26H27N3O2S/c1-18-22(21-10-6-7-11-23(21)27-18)15-25(30)28-24(14-19-8-4-3-5-9-19)26(31)29(2)16-20-12-13-32-17-20/h3-13,17,24,27H,14-16H2,1-2H3,(H,28,30)/t24-/m0/s1. The molecule has 0 unspecified atom stereocenters. The largest absolute Gasteiger partial charge is 0.358 e. The van der Waals surface area contributed by atoms with Crippen molar-refractivity contribution in [1.82, 2.24) is 15.2 Å². The van der Waals surface area contributed by atoms with Crippen LogP contribution in [0.2, 0.25) is 0 Å². The summed E-state index contributed by atoms with van der Waals surface area (Å²) >= 11 is 1.61. The van der Waals surface area contributed by atoms with Gasteiger partial charge in [0, 0.05) is 36.6 Å². The molecule has 32 heavy (non-hydrogen) atoms. The molecule has 1 atom stereocenters. The molecular weight excluding hydrogens is 418 g/mol. The Morgan fingerprint density at radius 3 is 2.53 bits per heavy atom. The van der Waals surface area contributed by atoms with Crippen molar-refractivity contribution < 1.29 is 9.59 Å². The van der Waals surface area contributed by atoms with Crippen LogP contribution in [0, 0.1) is 6.92 Å². The number of hydrogen-bond donors (Lipinski definition) is 2. The molecule has 0 saturated carbocycles. The third-order valence-corrected chi connectivity index (χ3v) is 6.39. The number of aromatic amines is 1. The zero-order chi connectivity index (χ0) is 22.5. The predicted molar refractivity (Wildman–Crippen MR) is 130 cm³/mol. The van der Waals surface area contributed by atoms with E-state index in [-0.39, 0.29) is 18.2 Å². The lowest BCUT2D eigenvalue weighted by Crippen LogP contribution is -2.48. The molecule has 2 amide bonds. The topological polar surface area (TPSA) is 65.2 Å². The average molecular weight is 446 g/mol. The van der Waals surface area contributed by atoms with Crippen LogP contribution in [0.15, 0.2) is 71.4 Å². The molecule has 2 aromatic carbocycles. The smallest absolute Gasteiger partial charge is 0.245 e. The second kappa shape index (κ2) is 9.83. The second-order valence-corrected chi connectivity index (χ2v) is 8.87. The molecule has 4 rings (SSSR count). The highest BCUT2D eigenvalue weighted by Gasteiger charge is 2.25. The zero-order valence-corrected chi connectivity index (χ0v) is 19.1. The van der Waals surface area contributed by atoms with Gasteiger partial charge >= 0.3 is 0 Å². The number of nitrogens with one attached hydrogen (secondary N) is 2. The van der Waals surface area contributed by atoms with Crippen LogP contribution in [-0.2, 0) is 29.0 Å². The Labute approximate surface area is 192 Å². The van der Waals surface area contributed by atoms with Gasteiger partial charge in [-0.25, -0.2) is 0 Å². The van der Waals surface area contributed by atoms with Gasteiger partial charge in [0.25, 0.3) is 0 Å². The molecule has 0 bridgehead atoms. The van der Waals surface area contributed by atoms with Crippen LogP contribution in [0.1, 0.15) is 22.4 Å². The number of aryl methyl sites for hydroxylation is 1. The first-order chi connectivity index (χ1) is 15.5. The Bertz CT molecular complexity index is 1200. The van der Waals surface area contributed by atoms with Gasteiger partial charge in [-0.2, -0.15) is 11.3 Å². The number of amides is 2. The van der Waals surface area contributed by atoms with Crippen LogP contribution in [-0.4, -0.2) is 34.8 Å². The summed E-state index contributed by atoms with van der Waals surface area (Å²) in [5.41, 5.74) is 5.06. The van der Waals surface area contributed by atoms with E-state index in [0.717, 1.165) is 33.3 Å². The Hall–Kier alpha value is -3.38. The van der Waals surface area contributed by atoms with Crippen LogP contribution >= 0.6 is 11.3 Å². The van der Waals surface area contributed by atoms with Crippen molar-refractivity contribution in [2.75, 3.05) is 7.05 Å². The molecule has 0 radical (unpaired) electrons. The monoisotopic (exact) mass is 445 g/mol. The number of hydrogen-bond acceptors (Lipinski definition) is 3. The van der Waals surface area contributed by atoms with E-state index in [9.17, 15) is 9.59 Å². The minimum atomic E-state index is -0.626. The van der Waals surface area contributed by atoms with Crippen molar-refractivity contribution in [2.24, 2.45) is 0 Å². The molecule has 0 aliphatic carbocycles. The number of likely N-dealkylation sites (N-methyl/N-ethyl adjacent to an activating group) is 1. The second-order valence-electron chi connectivity index (χ2n) is 8.09. The van der Waals surface area contributed by atoms with E-state index < -0.39 is 6.04 Å². The number of rotatable bonds is 8. The molecule has 164 valence electrons. The fourth-order valence-electron chi connectivity index (χ4n) is 4.02. The molecule has 5 nitrogen and oxygen atoms in total. The van der Waals surface area contributed by atoms with Crippen molar-refractivity contribution in [3.8, 4) is 0 Å². The van der Waals surface area contributed by atoms with Gasteiger partial charge in [-0.05, 0) is 46.5 Å². The maximum atomic E-state index is 13.3. The van der Waals surface area contributed by atoms with Gasteiger partial charge in [-0.15, -0.1) is 0 Å². The maximum Gasteiger partial charge on any atom is 0.245 e. The quantitative estimate of drug-likeness (QED) is 0.420. The van der Waals surface area contributed by atoms with Gasteiger partial charge in [-0.1, -0.05) is 48.5 Å². The molecule has 0 aliphatic rings. The van der Waals surface area contributed by atoms with E-state index in [1.807, 2.05) is 78.3 Å². The molecular formula is C26H27N3O2S. The number of carbonyl (C=O) groups excluding carboxylic acids is 2. The summed E-state index contributed by atoms with van der Waals surface area (Å²) < 4.78 is 0. The Morgan fingerprint density at radius 1 is 1.03 bits per heavy atom. The number of nitrogens with zero attached hydrogens (tertiary/aromatic N) is 1. The first kappa shape index (κ1) is 21.8. The van der Waals surface area contributed by atoms with E-state index >= 15 is 0 Å². The Morgan fingerprint density at radius 2 is 1.78 bits per heavy atom. The van der Waals surface area contributed by atoms with E-state index in [1.54, 1.807) is 23.3 Å². The van der Waals surface area contributed by atoms with Crippen molar-refractivity contribution in [3.63, 3.8) is 0 Å². The van der Waals surface area contributed by atoms with E-state index in [0.29, 0.717) is 13.0 Å². The molecule has 2 heterocycles. The zero-order valence-electron chi connectivity index (χ0n) is 18.3. The van der Waals surface area contributed by atoms with Crippen molar-refractivity contribution in [2.45, 2.75) is 32.4 Å². The summed E-state index contributed by atoms with van der Waals surface area (Å²) in [6, 6.07) is 19.2. The summed E-state index contributed by atoms with van der Waals surface area (Å²) in [6.07, 6.45) is 0.676. The summed E-state index contributed by atoms with van der Waals surface area (Å²) in [5, 5.41) is 8.09. The first-order valence-corrected chi connectivity index (χ1v) is 11.6. The van der Waals surface area contributed by atoms with Crippen LogP contribution in [0.5, 0.6) is 0 Å². The first-order valence-electron chi connectivity index (χ1n) is 10.7. The van der Waals surface area contributed by atoms with Gasteiger partial charge in [0.05, 0.1) is 6.42 Å². The van der Waals surface area contributed by atoms with Crippen molar-refractivity contribution >= 4 is 34.1 Å². The summed E-state index contributed by atoms with van der Waals surface area (Å²) in [6.45, 7) is 2.49. The number of para-hydroxylation sites is 1. The van der Waals surface area contributed by atoms with Crippen LogP contribution in [0.25, 0.3) is 10.9 Å². The van der Waals surface area contributed by atoms with Gasteiger partial charge < -0.3 is 15.2 Å². The lowest BCUT2D eigenvalue weighted by Gasteiger charge is -2.25. The Balaban J connectivity index is 1.51. The highest BCUT2D eigenvalue weighted by molar-refractivity contribution is 7.07. The predicted octanol–water partition coefficient (Wildman–Crippen LogP) is 4.47. The molecule has 4 aromatic rings. The number of fused-ring (bicyclic) bond motifs is 1.